The second-order valence-electron chi connectivity index (χ2n) is 7.01. The van der Waals surface area contributed by atoms with Crippen molar-refractivity contribution in [3.63, 3.8) is 0 Å². The molecule has 0 unspecified atom stereocenters. The lowest BCUT2D eigenvalue weighted by atomic mass is 9.83. The van der Waals surface area contributed by atoms with Crippen LogP contribution in [-0.2, 0) is 9.53 Å². The van der Waals surface area contributed by atoms with Gasteiger partial charge in [0.15, 0.2) is 6.10 Å². The molecule has 1 atom stereocenters. The fraction of sp³-hybridized carbons (Fsp3) is 0.571. The van der Waals surface area contributed by atoms with Crippen molar-refractivity contribution >= 4 is 17.6 Å². The smallest absolute Gasteiger partial charge is 0.338 e. The highest BCUT2D eigenvalue weighted by Crippen LogP contribution is 2.27. The van der Waals surface area contributed by atoms with Crippen molar-refractivity contribution in [2.75, 3.05) is 18.0 Å². The highest BCUT2D eigenvalue weighted by molar-refractivity contribution is 5.92. The molecule has 1 amide bonds. The van der Waals surface area contributed by atoms with Crippen LogP contribution in [0.25, 0.3) is 0 Å². The molecule has 146 valence electrons. The van der Waals surface area contributed by atoms with E-state index in [1.54, 1.807) is 12.1 Å². The van der Waals surface area contributed by atoms with E-state index in [1.807, 2.05) is 12.1 Å². The molecule has 1 aromatic rings. The maximum atomic E-state index is 12.4. The molecular formula is C21H29N3O3. The largest absolute Gasteiger partial charge is 0.449 e. The maximum absolute atomic E-state index is 12.4. The number of carbonyl (C=O) groups is 2. The number of ether oxygens (including phenoxy) is 1. The number of hydrogen-bond acceptors (Lipinski definition) is 5. The molecule has 1 aliphatic carbocycles. The quantitative estimate of drug-likeness (QED) is 0.743. The van der Waals surface area contributed by atoms with E-state index in [9.17, 15) is 14.9 Å². The Kier molecular flexibility index (Phi) is 7.23. The highest BCUT2D eigenvalue weighted by Gasteiger charge is 2.35. The van der Waals surface area contributed by atoms with Crippen molar-refractivity contribution in [2.45, 2.75) is 64.5 Å². The first-order valence-electron chi connectivity index (χ1n) is 9.74. The molecule has 1 fully saturated rings. The predicted molar refractivity (Wildman–Crippen MR) is 104 cm³/mol. The number of rotatable bonds is 7. The van der Waals surface area contributed by atoms with Crippen molar-refractivity contribution in [1.29, 1.82) is 5.26 Å². The third-order valence-corrected chi connectivity index (χ3v) is 5.17. The van der Waals surface area contributed by atoms with Crippen LogP contribution in [0, 0.1) is 11.3 Å². The summed E-state index contributed by atoms with van der Waals surface area (Å²) in [4.78, 5) is 26.9. The van der Waals surface area contributed by atoms with E-state index >= 15 is 0 Å². The van der Waals surface area contributed by atoms with Gasteiger partial charge in [-0.2, -0.15) is 5.26 Å². The first kappa shape index (κ1) is 20.8. The number of nitriles is 1. The van der Waals surface area contributed by atoms with Gasteiger partial charge in [0.05, 0.1) is 11.6 Å². The lowest BCUT2D eigenvalue weighted by molar-refractivity contribution is -0.130. The summed E-state index contributed by atoms with van der Waals surface area (Å²) in [6, 6.07) is 9.40. The summed E-state index contributed by atoms with van der Waals surface area (Å²) in [6.07, 6.45) is 3.24. The second-order valence-corrected chi connectivity index (χ2v) is 7.01. The molecular weight excluding hydrogens is 342 g/mol. The van der Waals surface area contributed by atoms with Gasteiger partial charge in [-0.25, -0.2) is 4.79 Å². The Morgan fingerprint density at radius 3 is 2.30 bits per heavy atom. The number of nitrogens with zero attached hydrogens (tertiary/aromatic N) is 2. The minimum atomic E-state index is -0.952. The summed E-state index contributed by atoms with van der Waals surface area (Å²) in [5, 5.41) is 12.3. The van der Waals surface area contributed by atoms with Crippen LogP contribution in [0.5, 0.6) is 0 Å². The number of esters is 1. The van der Waals surface area contributed by atoms with Crippen LogP contribution >= 0.6 is 0 Å². The first-order chi connectivity index (χ1) is 12.9. The fourth-order valence-electron chi connectivity index (χ4n) is 3.44. The predicted octanol–water partition coefficient (Wildman–Crippen LogP) is 3.42. The average Bonchev–Trinajstić information content (AvgIpc) is 2.70. The van der Waals surface area contributed by atoms with Crippen LogP contribution < -0.4 is 10.2 Å². The molecule has 0 spiro atoms. The molecule has 0 radical (unpaired) electrons. The van der Waals surface area contributed by atoms with E-state index < -0.39 is 23.5 Å². The SMILES string of the molecule is CCN(CC)c1ccc(C(=O)O[C@@H](C)C(=O)NC2(C#N)CCCCC2)cc1. The number of benzene rings is 1. The Morgan fingerprint density at radius 1 is 1.19 bits per heavy atom. The number of amides is 1. The molecule has 0 aliphatic heterocycles. The van der Waals surface area contributed by atoms with Crippen molar-refractivity contribution in [2.24, 2.45) is 0 Å². The van der Waals surface area contributed by atoms with Gasteiger partial charge in [-0.1, -0.05) is 19.3 Å². The van der Waals surface area contributed by atoms with Crippen molar-refractivity contribution < 1.29 is 14.3 Å². The van der Waals surface area contributed by atoms with Crippen LogP contribution in [0.1, 0.15) is 63.2 Å². The molecule has 6 nitrogen and oxygen atoms in total. The van der Waals surface area contributed by atoms with Crippen LogP contribution in [0.3, 0.4) is 0 Å². The summed E-state index contributed by atoms with van der Waals surface area (Å²) >= 11 is 0. The summed E-state index contributed by atoms with van der Waals surface area (Å²) in [5.74, 6) is -0.968. The minimum absolute atomic E-state index is 0.401. The van der Waals surface area contributed by atoms with Gasteiger partial charge in [-0.3, -0.25) is 4.79 Å². The number of hydrogen-bond donors (Lipinski definition) is 1. The molecule has 1 aliphatic rings. The Labute approximate surface area is 161 Å². The van der Waals surface area contributed by atoms with Gasteiger partial charge in [-0.05, 0) is 57.9 Å². The van der Waals surface area contributed by atoms with Crippen LogP contribution in [0.15, 0.2) is 24.3 Å². The van der Waals surface area contributed by atoms with E-state index in [0.717, 1.165) is 38.0 Å². The Morgan fingerprint density at radius 2 is 1.78 bits per heavy atom. The van der Waals surface area contributed by atoms with Gasteiger partial charge in [-0.15, -0.1) is 0 Å². The number of anilines is 1. The van der Waals surface area contributed by atoms with Crippen LogP contribution in [0.2, 0.25) is 0 Å². The monoisotopic (exact) mass is 371 g/mol. The molecule has 6 heteroatoms. The van der Waals surface area contributed by atoms with Crippen LogP contribution in [0.4, 0.5) is 5.69 Å². The zero-order valence-electron chi connectivity index (χ0n) is 16.5. The van der Waals surface area contributed by atoms with Crippen LogP contribution in [-0.4, -0.2) is 36.6 Å². The van der Waals surface area contributed by atoms with Gasteiger partial charge in [0.2, 0.25) is 0 Å². The lowest BCUT2D eigenvalue weighted by Crippen LogP contribution is -2.52. The van der Waals surface area contributed by atoms with Gasteiger partial charge in [0.1, 0.15) is 5.54 Å². The molecule has 1 N–H and O–H groups in total. The molecule has 0 heterocycles. The summed E-state index contributed by atoms with van der Waals surface area (Å²) in [7, 11) is 0. The molecule has 0 saturated heterocycles. The van der Waals surface area contributed by atoms with E-state index in [0.29, 0.717) is 18.4 Å². The summed E-state index contributed by atoms with van der Waals surface area (Å²) in [6.45, 7) is 7.46. The van der Waals surface area contributed by atoms with Gasteiger partial charge >= 0.3 is 5.97 Å². The molecule has 0 bridgehead atoms. The van der Waals surface area contributed by atoms with E-state index in [4.69, 9.17) is 4.74 Å². The molecule has 1 saturated carbocycles. The maximum Gasteiger partial charge on any atom is 0.338 e. The van der Waals surface area contributed by atoms with E-state index in [-0.39, 0.29) is 0 Å². The third-order valence-electron chi connectivity index (χ3n) is 5.17. The third kappa shape index (κ3) is 5.22. The zero-order chi connectivity index (χ0) is 19.9. The summed E-state index contributed by atoms with van der Waals surface area (Å²) < 4.78 is 5.31. The normalized spacial score (nSPS) is 16.7. The molecule has 0 aromatic heterocycles. The molecule has 1 aromatic carbocycles. The van der Waals surface area contributed by atoms with Gasteiger partial charge < -0.3 is 15.0 Å². The lowest BCUT2D eigenvalue weighted by Gasteiger charge is -2.32. The number of nitrogens with one attached hydrogen (secondary N) is 1. The second kappa shape index (κ2) is 9.40. The van der Waals surface area contributed by atoms with E-state index in [2.05, 4.69) is 30.1 Å². The van der Waals surface area contributed by atoms with Gasteiger partial charge in [0, 0.05) is 18.8 Å². The van der Waals surface area contributed by atoms with Crippen molar-refractivity contribution in [3.05, 3.63) is 29.8 Å². The summed E-state index contributed by atoms with van der Waals surface area (Å²) in [5.41, 5.74) is 0.607. The minimum Gasteiger partial charge on any atom is -0.449 e. The molecule has 2 rings (SSSR count). The molecule has 27 heavy (non-hydrogen) atoms. The van der Waals surface area contributed by atoms with Crippen molar-refractivity contribution in [3.8, 4) is 6.07 Å². The Bertz CT molecular complexity index is 684. The highest BCUT2D eigenvalue weighted by atomic mass is 16.5. The Balaban J connectivity index is 1.96. The fourth-order valence-corrected chi connectivity index (χ4v) is 3.44. The van der Waals surface area contributed by atoms with Crippen molar-refractivity contribution in [1.82, 2.24) is 5.32 Å². The van der Waals surface area contributed by atoms with Gasteiger partial charge in [0.25, 0.3) is 5.91 Å². The topological polar surface area (TPSA) is 82.4 Å². The van der Waals surface area contributed by atoms with E-state index in [1.165, 1.54) is 6.92 Å². The first-order valence-corrected chi connectivity index (χ1v) is 9.74. The average molecular weight is 371 g/mol. The zero-order valence-corrected chi connectivity index (χ0v) is 16.5. The number of carbonyl (C=O) groups excluding carboxylic acids is 2. The standard InChI is InChI=1S/C21H29N3O3/c1-4-24(5-2)18-11-9-17(10-12-18)20(26)27-16(3)19(25)23-21(15-22)13-7-6-8-14-21/h9-12,16H,4-8,13-14H2,1-3H3,(H,23,25)/t16-/m0/s1. The Hall–Kier alpha value is -2.55.